The zero-order valence-corrected chi connectivity index (χ0v) is 14.1. The van der Waals surface area contributed by atoms with Crippen molar-refractivity contribution < 1.29 is 13.2 Å². The molecule has 0 amide bonds. The number of nitrogens with one attached hydrogen (secondary N) is 2. The molecule has 0 atom stereocenters. The minimum atomic E-state index is -4.33. The summed E-state index contributed by atoms with van der Waals surface area (Å²) in [7, 11) is 0. The van der Waals surface area contributed by atoms with Crippen LogP contribution in [0.2, 0.25) is 0 Å². The first-order chi connectivity index (χ1) is 13.0. The quantitative estimate of drug-likeness (QED) is 0.517. The number of para-hydroxylation sites is 1. The molecular weight excluding hydrogens is 353 g/mol. The molecule has 4 aromatic rings. The second-order valence-electron chi connectivity index (χ2n) is 6.08. The number of aromatic nitrogens is 3. The Morgan fingerprint density at radius 1 is 0.963 bits per heavy atom. The van der Waals surface area contributed by atoms with E-state index >= 15 is 0 Å². The van der Waals surface area contributed by atoms with E-state index in [1.807, 2.05) is 30.3 Å². The molecule has 2 N–H and O–H groups in total. The summed E-state index contributed by atoms with van der Waals surface area (Å²) >= 11 is 0. The smallest absolute Gasteiger partial charge is 0.353 e. The molecular formula is C20H15F3N4. The largest absolute Gasteiger partial charge is 0.416 e. The van der Waals surface area contributed by atoms with Crippen LogP contribution in [0.5, 0.6) is 0 Å². The summed E-state index contributed by atoms with van der Waals surface area (Å²) in [6.45, 7) is 0.328. The van der Waals surface area contributed by atoms with Crippen LogP contribution < -0.4 is 5.32 Å². The van der Waals surface area contributed by atoms with Gasteiger partial charge < -0.3 is 10.3 Å². The van der Waals surface area contributed by atoms with Gasteiger partial charge in [0.1, 0.15) is 0 Å². The highest BCUT2D eigenvalue weighted by Gasteiger charge is 2.29. The third-order valence-electron chi connectivity index (χ3n) is 4.19. The van der Waals surface area contributed by atoms with Crippen molar-refractivity contribution in [2.45, 2.75) is 12.7 Å². The fourth-order valence-corrected chi connectivity index (χ4v) is 2.80. The normalized spacial score (nSPS) is 11.7. The van der Waals surface area contributed by atoms with Crippen LogP contribution in [0.4, 0.5) is 19.1 Å². The maximum Gasteiger partial charge on any atom is 0.416 e. The summed E-state index contributed by atoms with van der Waals surface area (Å²) in [6.07, 6.45) is -2.69. The van der Waals surface area contributed by atoms with Crippen molar-refractivity contribution in [3.05, 3.63) is 78.0 Å². The Morgan fingerprint density at radius 2 is 1.74 bits per heavy atom. The molecule has 27 heavy (non-hydrogen) atoms. The van der Waals surface area contributed by atoms with Crippen molar-refractivity contribution in [1.29, 1.82) is 0 Å². The highest BCUT2D eigenvalue weighted by Crippen LogP contribution is 2.29. The first kappa shape index (κ1) is 17.1. The van der Waals surface area contributed by atoms with Crippen molar-refractivity contribution >= 4 is 16.9 Å². The number of alkyl halides is 3. The minimum Gasteiger partial charge on any atom is -0.353 e. The second-order valence-corrected chi connectivity index (χ2v) is 6.08. The first-order valence-corrected chi connectivity index (χ1v) is 8.30. The lowest BCUT2D eigenvalue weighted by atomic mass is 10.1. The Kier molecular flexibility index (Phi) is 4.27. The van der Waals surface area contributed by atoms with E-state index in [9.17, 15) is 13.2 Å². The zero-order valence-electron chi connectivity index (χ0n) is 14.1. The molecule has 2 aromatic carbocycles. The van der Waals surface area contributed by atoms with Gasteiger partial charge in [-0.25, -0.2) is 9.97 Å². The summed E-state index contributed by atoms with van der Waals surface area (Å²) < 4.78 is 37.8. The third kappa shape index (κ3) is 3.76. The van der Waals surface area contributed by atoms with Crippen LogP contribution in [0.15, 0.2) is 66.9 Å². The molecule has 0 saturated carbocycles. The molecule has 0 bridgehead atoms. The lowest BCUT2D eigenvalue weighted by Gasteiger charge is -2.09. The molecule has 0 aliphatic heterocycles. The van der Waals surface area contributed by atoms with E-state index in [1.54, 1.807) is 12.3 Å². The number of anilines is 1. The Balaban J connectivity index is 1.49. The molecule has 4 nitrogen and oxygen atoms in total. The number of halogens is 3. The van der Waals surface area contributed by atoms with Gasteiger partial charge in [0.2, 0.25) is 5.95 Å². The van der Waals surface area contributed by atoms with E-state index < -0.39 is 11.7 Å². The van der Waals surface area contributed by atoms with Crippen LogP contribution in [0.25, 0.3) is 22.3 Å². The maximum atomic E-state index is 12.6. The number of H-pyrrole nitrogens is 1. The summed E-state index contributed by atoms with van der Waals surface area (Å²) in [6, 6.07) is 16.8. The van der Waals surface area contributed by atoms with Crippen LogP contribution in [0.1, 0.15) is 11.1 Å². The van der Waals surface area contributed by atoms with Gasteiger partial charge >= 0.3 is 6.18 Å². The number of nitrogens with zero attached hydrogens (tertiary/aromatic N) is 2. The summed E-state index contributed by atoms with van der Waals surface area (Å²) in [5.41, 5.74) is 2.67. The molecule has 2 aromatic heterocycles. The highest BCUT2D eigenvalue weighted by atomic mass is 19.4. The molecule has 0 spiro atoms. The summed E-state index contributed by atoms with van der Waals surface area (Å²) in [5, 5.41) is 4.13. The van der Waals surface area contributed by atoms with Gasteiger partial charge in [-0.05, 0) is 35.9 Å². The lowest BCUT2D eigenvalue weighted by molar-refractivity contribution is -0.137. The van der Waals surface area contributed by atoms with E-state index in [0.717, 1.165) is 34.4 Å². The highest BCUT2D eigenvalue weighted by molar-refractivity contribution is 5.85. The predicted octanol–water partition coefficient (Wildman–Crippen LogP) is 5.26. The molecule has 0 aliphatic rings. The van der Waals surface area contributed by atoms with Gasteiger partial charge in [0.05, 0.1) is 17.0 Å². The lowest BCUT2D eigenvalue weighted by Crippen LogP contribution is -2.06. The number of fused-ring (bicyclic) bond motifs is 1. The Bertz CT molecular complexity index is 1040. The average molecular weight is 368 g/mol. The molecule has 0 saturated heterocycles. The van der Waals surface area contributed by atoms with Crippen molar-refractivity contribution in [2.75, 3.05) is 5.32 Å². The van der Waals surface area contributed by atoms with Crippen molar-refractivity contribution in [1.82, 2.24) is 15.0 Å². The standard InChI is InChI=1S/C20H15F3N4/c21-20(22,23)15-7-5-13(6-8-15)12-25-19-24-10-9-17(27-19)18-11-14-3-1-2-4-16(14)26-18/h1-11,26H,12H2,(H,24,25,27). The SMILES string of the molecule is FC(F)(F)c1ccc(CNc2nccc(-c3cc4ccccc4[nH]3)n2)cc1. The van der Waals surface area contributed by atoms with E-state index in [4.69, 9.17) is 0 Å². The second kappa shape index (κ2) is 6.75. The average Bonchev–Trinajstić information content (AvgIpc) is 3.11. The fraction of sp³-hybridized carbons (Fsp3) is 0.100. The van der Waals surface area contributed by atoms with Crippen molar-refractivity contribution in [3.63, 3.8) is 0 Å². The fourth-order valence-electron chi connectivity index (χ4n) is 2.80. The van der Waals surface area contributed by atoms with E-state index in [0.29, 0.717) is 18.1 Å². The monoisotopic (exact) mass is 368 g/mol. The molecule has 0 unspecified atom stereocenters. The molecule has 4 rings (SSSR count). The molecule has 7 heteroatoms. The van der Waals surface area contributed by atoms with Gasteiger partial charge in [0, 0.05) is 23.6 Å². The Morgan fingerprint density at radius 3 is 2.48 bits per heavy atom. The van der Waals surface area contributed by atoms with Gasteiger partial charge in [0.25, 0.3) is 0 Å². The molecule has 0 fully saturated rings. The Hall–Kier alpha value is -3.35. The zero-order chi connectivity index (χ0) is 18.9. The van der Waals surface area contributed by atoms with Gasteiger partial charge in [-0.2, -0.15) is 13.2 Å². The topological polar surface area (TPSA) is 53.6 Å². The van der Waals surface area contributed by atoms with Crippen molar-refractivity contribution in [2.24, 2.45) is 0 Å². The van der Waals surface area contributed by atoms with Crippen LogP contribution in [-0.2, 0) is 12.7 Å². The summed E-state index contributed by atoms with van der Waals surface area (Å²) in [4.78, 5) is 12.0. The van der Waals surface area contributed by atoms with Crippen LogP contribution in [-0.4, -0.2) is 15.0 Å². The van der Waals surface area contributed by atoms with Gasteiger partial charge in [-0.3, -0.25) is 0 Å². The van der Waals surface area contributed by atoms with Gasteiger partial charge in [0.15, 0.2) is 0 Å². The van der Waals surface area contributed by atoms with Crippen LogP contribution >= 0.6 is 0 Å². The number of benzene rings is 2. The number of rotatable bonds is 4. The Labute approximate surface area is 153 Å². The number of hydrogen-bond donors (Lipinski definition) is 2. The first-order valence-electron chi connectivity index (χ1n) is 8.30. The van der Waals surface area contributed by atoms with Crippen molar-refractivity contribution in [3.8, 4) is 11.4 Å². The van der Waals surface area contributed by atoms with Crippen LogP contribution in [0, 0.1) is 0 Å². The number of hydrogen-bond acceptors (Lipinski definition) is 3. The predicted molar refractivity (Wildman–Crippen MR) is 98.1 cm³/mol. The maximum absolute atomic E-state index is 12.6. The van der Waals surface area contributed by atoms with E-state index in [-0.39, 0.29) is 0 Å². The van der Waals surface area contributed by atoms with Crippen LogP contribution in [0.3, 0.4) is 0 Å². The minimum absolute atomic E-state index is 0.328. The molecule has 136 valence electrons. The van der Waals surface area contributed by atoms with E-state index in [1.165, 1.54) is 12.1 Å². The molecule has 0 radical (unpaired) electrons. The van der Waals surface area contributed by atoms with Gasteiger partial charge in [-0.15, -0.1) is 0 Å². The number of aromatic amines is 1. The molecule has 0 aliphatic carbocycles. The third-order valence-corrected chi connectivity index (χ3v) is 4.19. The van der Waals surface area contributed by atoms with Gasteiger partial charge in [-0.1, -0.05) is 30.3 Å². The summed E-state index contributed by atoms with van der Waals surface area (Å²) in [5.74, 6) is 0.408. The molecule has 2 heterocycles. The van der Waals surface area contributed by atoms with E-state index in [2.05, 4.69) is 20.3 Å².